The maximum absolute atomic E-state index is 11.9. The number of carboxylic acids is 1. The van der Waals surface area contributed by atoms with E-state index in [4.69, 9.17) is 21.1 Å². The fraction of sp³-hybridized carbons (Fsp3) is 0.143. The van der Waals surface area contributed by atoms with Crippen LogP contribution in [0, 0.1) is 6.92 Å². The van der Waals surface area contributed by atoms with Gasteiger partial charge in [-0.15, -0.1) is 0 Å². The Bertz CT molecular complexity index is 663. The Morgan fingerprint density at radius 1 is 1.30 bits per heavy atom. The number of carbonyl (C=O) groups is 2. The first-order valence-electron chi connectivity index (χ1n) is 5.83. The van der Waals surface area contributed by atoms with Crippen molar-refractivity contribution in [1.82, 2.24) is 5.32 Å². The molecule has 2 N–H and O–H groups in total. The van der Waals surface area contributed by atoms with Gasteiger partial charge in [-0.2, -0.15) is 0 Å². The minimum absolute atomic E-state index is 0.109. The molecule has 0 radical (unpaired) electrons. The van der Waals surface area contributed by atoms with Crippen LogP contribution >= 0.6 is 11.6 Å². The summed E-state index contributed by atoms with van der Waals surface area (Å²) in [5, 5.41) is 11.9. The largest absolute Gasteiger partial charge is 0.475 e. The van der Waals surface area contributed by atoms with E-state index >= 15 is 0 Å². The third kappa shape index (κ3) is 3.19. The zero-order valence-electron chi connectivity index (χ0n) is 10.6. The van der Waals surface area contributed by atoms with E-state index in [0.29, 0.717) is 16.3 Å². The predicted molar refractivity (Wildman–Crippen MR) is 73.0 cm³/mol. The molecule has 20 heavy (non-hydrogen) atoms. The Labute approximate surface area is 120 Å². The number of rotatable bonds is 4. The average Bonchev–Trinajstić information content (AvgIpc) is 2.88. The van der Waals surface area contributed by atoms with E-state index in [1.54, 1.807) is 18.2 Å². The number of carbonyl (C=O) groups excluding carboxylic acids is 1. The molecule has 0 aliphatic heterocycles. The van der Waals surface area contributed by atoms with Gasteiger partial charge in [-0.05, 0) is 36.8 Å². The quantitative estimate of drug-likeness (QED) is 0.908. The molecule has 5 nitrogen and oxygen atoms in total. The molecular formula is C14H12ClNO4. The van der Waals surface area contributed by atoms with Crippen LogP contribution in [0.5, 0.6) is 0 Å². The highest BCUT2D eigenvalue weighted by Crippen LogP contribution is 2.16. The number of halogens is 1. The van der Waals surface area contributed by atoms with Crippen molar-refractivity contribution in [2.75, 3.05) is 0 Å². The van der Waals surface area contributed by atoms with Crippen LogP contribution in [-0.4, -0.2) is 17.0 Å². The van der Waals surface area contributed by atoms with Crippen molar-refractivity contribution in [3.8, 4) is 0 Å². The molecule has 2 aromatic rings. The van der Waals surface area contributed by atoms with Crippen LogP contribution in [0.4, 0.5) is 0 Å². The fourth-order valence-electron chi connectivity index (χ4n) is 1.59. The van der Waals surface area contributed by atoms with Gasteiger partial charge in [-0.3, -0.25) is 4.79 Å². The molecule has 1 aromatic heterocycles. The second kappa shape index (κ2) is 5.79. The van der Waals surface area contributed by atoms with Crippen LogP contribution in [0.15, 0.2) is 34.7 Å². The van der Waals surface area contributed by atoms with Gasteiger partial charge in [0.1, 0.15) is 5.76 Å². The normalized spacial score (nSPS) is 10.3. The third-order valence-electron chi connectivity index (χ3n) is 2.73. The highest BCUT2D eigenvalue weighted by Gasteiger charge is 2.11. The molecule has 1 amide bonds. The van der Waals surface area contributed by atoms with Crippen molar-refractivity contribution < 1.29 is 19.1 Å². The van der Waals surface area contributed by atoms with Crippen molar-refractivity contribution in [1.29, 1.82) is 0 Å². The van der Waals surface area contributed by atoms with Crippen molar-refractivity contribution in [3.05, 3.63) is 58.0 Å². The molecule has 0 aliphatic carbocycles. The lowest BCUT2D eigenvalue weighted by Gasteiger charge is -2.05. The molecule has 0 spiro atoms. The summed E-state index contributed by atoms with van der Waals surface area (Å²) in [6.45, 7) is 1.96. The molecule has 0 fully saturated rings. The van der Waals surface area contributed by atoms with Gasteiger partial charge in [0, 0.05) is 10.6 Å². The van der Waals surface area contributed by atoms with Crippen LogP contribution in [-0.2, 0) is 6.54 Å². The number of nitrogens with one attached hydrogen (secondary N) is 1. The Hall–Kier alpha value is -2.27. The predicted octanol–water partition coefficient (Wildman–Crippen LogP) is 2.87. The van der Waals surface area contributed by atoms with Gasteiger partial charge in [-0.25, -0.2) is 4.79 Å². The molecule has 0 atom stereocenters. The molecule has 0 bridgehead atoms. The summed E-state index contributed by atoms with van der Waals surface area (Å²) in [4.78, 5) is 22.5. The first kappa shape index (κ1) is 14.1. The molecule has 0 unspecified atom stereocenters. The lowest BCUT2D eigenvalue weighted by molar-refractivity contribution is 0.0660. The van der Waals surface area contributed by atoms with Gasteiger partial charge in [-0.1, -0.05) is 17.7 Å². The fourth-order valence-corrected chi connectivity index (χ4v) is 1.77. The summed E-state index contributed by atoms with van der Waals surface area (Å²) in [6, 6.07) is 7.85. The Morgan fingerprint density at radius 2 is 2.05 bits per heavy atom. The number of aromatic carboxylic acids is 1. The SMILES string of the molecule is Cc1ccc(C(=O)NCc2ccc(C(=O)O)o2)cc1Cl. The van der Waals surface area contributed by atoms with E-state index in [2.05, 4.69) is 5.32 Å². The molecule has 1 aromatic carbocycles. The van der Waals surface area contributed by atoms with Gasteiger partial charge >= 0.3 is 5.97 Å². The first-order valence-corrected chi connectivity index (χ1v) is 6.21. The van der Waals surface area contributed by atoms with E-state index in [1.165, 1.54) is 12.1 Å². The summed E-state index contributed by atoms with van der Waals surface area (Å²) in [5.74, 6) is -1.24. The van der Waals surface area contributed by atoms with Crippen LogP contribution in [0.3, 0.4) is 0 Å². The number of amides is 1. The highest BCUT2D eigenvalue weighted by atomic mass is 35.5. The molecule has 2 rings (SSSR count). The van der Waals surface area contributed by atoms with Crippen molar-refractivity contribution in [2.24, 2.45) is 0 Å². The lowest BCUT2D eigenvalue weighted by Crippen LogP contribution is -2.22. The first-order chi connectivity index (χ1) is 9.47. The van der Waals surface area contributed by atoms with Crippen molar-refractivity contribution in [2.45, 2.75) is 13.5 Å². The number of aryl methyl sites for hydroxylation is 1. The summed E-state index contributed by atoms with van der Waals surface area (Å²) in [6.07, 6.45) is 0. The second-order valence-corrected chi connectivity index (χ2v) is 4.62. The van der Waals surface area contributed by atoms with Crippen LogP contribution in [0.2, 0.25) is 5.02 Å². The van der Waals surface area contributed by atoms with Crippen LogP contribution < -0.4 is 5.32 Å². The maximum Gasteiger partial charge on any atom is 0.371 e. The van der Waals surface area contributed by atoms with Crippen molar-refractivity contribution in [3.63, 3.8) is 0 Å². The van der Waals surface area contributed by atoms with E-state index in [0.717, 1.165) is 5.56 Å². The topological polar surface area (TPSA) is 79.5 Å². The molecule has 6 heteroatoms. The number of hydrogen-bond acceptors (Lipinski definition) is 3. The lowest BCUT2D eigenvalue weighted by atomic mass is 10.1. The Kier molecular flexibility index (Phi) is 4.10. The Balaban J connectivity index is 2.00. The molecule has 1 heterocycles. The van der Waals surface area contributed by atoms with Gasteiger partial charge in [0.05, 0.1) is 6.54 Å². The van der Waals surface area contributed by atoms with Gasteiger partial charge < -0.3 is 14.8 Å². The Morgan fingerprint density at radius 3 is 2.65 bits per heavy atom. The molecule has 0 saturated heterocycles. The van der Waals surface area contributed by atoms with Crippen LogP contribution in [0.25, 0.3) is 0 Å². The number of benzene rings is 1. The summed E-state index contributed by atoms with van der Waals surface area (Å²) in [7, 11) is 0. The van der Waals surface area contributed by atoms with E-state index in [1.807, 2.05) is 6.92 Å². The molecule has 0 aliphatic rings. The monoisotopic (exact) mass is 293 g/mol. The number of carboxylic acid groups (broad SMARTS) is 1. The van der Waals surface area contributed by atoms with E-state index in [9.17, 15) is 9.59 Å². The van der Waals surface area contributed by atoms with Gasteiger partial charge in [0.15, 0.2) is 0 Å². The second-order valence-electron chi connectivity index (χ2n) is 4.22. The maximum atomic E-state index is 11.9. The van der Waals surface area contributed by atoms with E-state index < -0.39 is 5.97 Å². The summed E-state index contributed by atoms with van der Waals surface area (Å²) in [5.41, 5.74) is 1.32. The average molecular weight is 294 g/mol. The van der Waals surface area contributed by atoms with Crippen molar-refractivity contribution >= 4 is 23.5 Å². The van der Waals surface area contributed by atoms with Gasteiger partial charge in [0.2, 0.25) is 5.76 Å². The summed E-state index contributed by atoms with van der Waals surface area (Å²) >= 11 is 5.95. The zero-order valence-corrected chi connectivity index (χ0v) is 11.4. The molecular weight excluding hydrogens is 282 g/mol. The smallest absolute Gasteiger partial charge is 0.371 e. The molecule has 0 saturated carbocycles. The highest BCUT2D eigenvalue weighted by molar-refractivity contribution is 6.31. The zero-order chi connectivity index (χ0) is 14.7. The third-order valence-corrected chi connectivity index (χ3v) is 3.14. The molecule has 104 valence electrons. The standard InChI is InChI=1S/C14H12ClNO4/c1-8-2-3-9(6-11(8)15)13(17)16-7-10-4-5-12(20-10)14(18)19/h2-6H,7H2,1H3,(H,16,17)(H,18,19). The minimum atomic E-state index is -1.15. The van der Waals surface area contributed by atoms with Gasteiger partial charge in [0.25, 0.3) is 5.91 Å². The van der Waals surface area contributed by atoms with E-state index in [-0.39, 0.29) is 18.2 Å². The number of furan rings is 1. The number of hydrogen-bond donors (Lipinski definition) is 2. The minimum Gasteiger partial charge on any atom is -0.475 e. The van der Waals surface area contributed by atoms with Crippen LogP contribution in [0.1, 0.15) is 32.2 Å². The summed E-state index contributed by atoms with van der Waals surface area (Å²) < 4.78 is 5.03.